The van der Waals surface area contributed by atoms with Crippen LogP contribution in [-0.4, -0.2) is 49.9 Å². The Kier molecular flexibility index (Phi) is 7.79. The van der Waals surface area contributed by atoms with Gasteiger partial charge in [-0.05, 0) is 12.1 Å². The number of carbonyl (C=O) groups is 2. The molecule has 36 heavy (non-hydrogen) atoms. The van der Waals surface area contributed by atoms with Gasteiger partial charge < -0.3 is 5.32 Å². The van der Waals surface area contributed by atoms with Gasteiger partial charge in [-0.15, -0.1) is 6.58 Å². The molecule has 0 saturated carbocycles. The second-order valence-electron chi connectivity index (χ2n) is 7.41. The zero-order valence-electron chi connectivity index (χ0n) is 18.7. The molecule has 15 heteroatoms. The fraction of sp³-hybridized carbons (Fsp3) is 0.286. The first-order chi connectivity index (χ1) is 16.8. The van der Waals surface area contributed by atoms with E-state index in [1.54, 1.807) is 0 Å². The fourth-order valence-electron chi connectivity index (χ4n) is 3.30. The third-order valence-corrected chi connectivity index (χ3v) is 6.54. The molecule has 1 N–H and O–H groups in total. The van der Waals surface area contributed by atoms with Crippen molar-refractivity contribution in [3.05, 3.63) is 68.2 Å². The van der Waals surface area contributed by atoms with Gasteiger partial charge in [-0.3, -0.25) is 23.9 Å². The smallest absolute Gasteiger partial charge is 0.359 e. The van der Waals surface area contributed by atoms with Gasteiger partial charge in [0.25, 0.3) is 5.56 Å². The normalized spacial score (nSPS) is 17.1. The summed E-state index contributed by atoms with van der Waals surface area (Å²) in [6.07, 6.45) is -3.72. The minimum atomic E-state index is -4.99. The average Bonchev–Trinajstić information content (AvgIpc) is 3.07. The van der Waals surface area contributed by atoms with Crippen LogP contribution < -0.4 is 16.6 Å². The lowest BCUT2D eigenvalue weighted by atomic mass is 10.2. The first-order valence-electron chi connectivity index (χ1n) is 10.1. The molecule has 0 aliphatic carbocycles. The lowest BCUT2D eigenvalue weighted by Gasteiger charge is -2.16. The molecular formula is C21H18ClF4N5O4S. The van der Waals surface area contributed by atoms with Gasteiger partial charge in [-0.25, -0.2) is 18.7 Å². The number of amides is 2. The molecule has 0 spiro atoms. The van der Waals surface area contributed by atoms with E-state index in [0.29, 0.717) is 0 Å². The van der Waals surface area contributed by atoms with Crippen LogP contribution in [-0.2, 0) is 22.8 Å². The molecule has 2 aromatic rings. The third-order valence-electron chi connectivity index (χ3n) is 5.07. The van der Waals surface area contributed by atoms with Crippen LogP contribution in [0.3, 0.4) is 0 Å². The number of amidine groups is 1. The summed E-state index contributed by atoms with van der Waals surface area (Å²) in [5, 5.41) is 1.42. The van der Waals surface area contributed by atoms with Crippen LogP contribution in [0.2, 0.25) is 5.02 Å². The van der Waals surface area contributed by atoms with E-state index in [9.17, 15) is 36.7 Å². The van der Waals surface area contributed by atoms with Crippen LogP contribution in [0, 0.1) is 5.82 Å². The summed E-state index contributed by atoms with van der Waals surface area (Å²) >= 11 is 7.04. The van der Waals surface area contributed by atoms with Crippen LogP contribution >= 0.6 is 23.4 Å². The average molecular weight is 548 g/mol. The predicted molar refractivity (Wildman–Crippen MR) is 126 cm³/mol. The van der Waals surface area contributed by atoms with Gasteiger partial charge in [0.1, 0.15) is 16.8 Å². The minimum absolute atomic E-state index is 0.0273. The lowest BCUT2D eigenvalue weighted by Crippen LogP contribution is -2.41. The highest BCUT2D eigenvalue weighted by molar-refractivity contribution is 8.15. The molecule has 1 aliphatic rings. The molecule has 1 atom stereocenters. The fourth-order valence-corrected chi connectivity index (χ4v) is 4.65. The van der Waals surface area contributed by atoms with Crippen molar-refractivity contribution in [3.63, 3.8) is 0 Å². The summed E-state index contributed by atoms with van der Waals surface area (Å²) in [4.78, 5) is 55.0. The lowest BCUT2D eigenvalue weighted by molar-refractivity contribution is -0.144. The maximum Gasteiger partial charge on any atom is 0.431 e. The molecule has 1 aromatic heterocycles. The Morgan fingerprint density at radius 3 is 2.53 bits per heavy atom. The van der Waals surface area contributed by atoms with Crippen molar-refractivity contribution in [3.8, 4) is 5.69 Å². The summed E-state index contributed by atoms with van der Waals surface area (Å²) in [7, 11) is 2.20. The minimum Gasteiger partial charge on any atom is -0.359 e. The zero-order chi connectivity index (χ0) is 26.9. The monoisotopic (exact) mass is 547 g/mol. The molecule has 2 amide bonds. The molecular weight excluding hydrogens is 530 g/mol. The first kappa shape index (κ1) is 27.2. The van der Waals surface area contributed by atoms with Crippen LogP contribution in [0.1, 0.15) is 12.1 Å². The molecule has 1 fully saturated rings. The number of aromatic nitrogens is 2. The van der Waals surface area contributed by atoms with Gasteiger partial charge >= 0.3 is 11.9 Å². The molecule has 0 bridgehead atoms. The number of halogens is 5. The summed E-state index contributed by atoms with van der Waals surface area (Å²) in [6.45, 7) is 3.60. The number of alkyl halides is 3. The number of nitrogens with zero attached hydrogens (tertiary/aromatic N) is 4. The van der Waals surface area contributed by atoms with Crippen molar-refractivity contribution in [1.82, 2.24) is 19.4 Å². The van der Waals surface area contributed by atoms with Crippen molar-refractivity contribution in [2.45, 2.75) is 17.8 Å². The number of carbonyl (C=O) groups excluding carboxylic acids is 2. The van der Waals surface area contributed by atoms with Crippen molar-refractivity contribution in [1.29, 1.82) is 0 Å². The first-order valence-corrected chi connectivity index (χ1v) is 11.3. The number of nitrogens with one attached hydrogen (secondary N) is 1. The number of aliphatic imine (C=N–C) groups is 1. The van der Waals surface area contributed by atoms with Crippen LogP contribution in [0.5, 0.6) is 0 Å². The number of benzene rings is 1. The van der Waals surface area contributed by atoms with Gasteiger partial charge in [0, 0.05) is 33.1 Å². The number of hydrogen-bond donors (Lipinski definition) is 1. The molecule has 192 valence electrons. The van der Waals surface area contributed by atoms with E-state index in [1.807, 2.05) is 0 Å². The molecule has 0 radical (unpaired) electrons. The van der Waals surface area contributed by atoms with Gasteiger partial charge in [0.15, 0.2) is 5.17 Å². The molecule has 9 nitrogen and oxygen atoms in total. The van der Waals surface area contributed by atoms with Gasteiger partial charge in [-0.1, -0.05) is 29.4 Å². The molecule has 3 rings (SSSR count). The second kappa shape index (κ2) is 10.3. The highest BCUT2D eigenvalue weighted by Gasteiger charge is 2.39. The Labute approximate surface area is 210 Å². The number of hydrogen-bond acceptors (Lipinski definition) is 6. The van der Waals surface area contributed by atoms with Gasteiger partial charge in [-0.2, -0.15) is 13.2 Å². The third kappa shape index (κ3) is 5.23. The van der Waals surface area contributed by atoms with Crippen LogP contribution in [0.15, 0.2) is 45.4 Å². The highest BCUT2D eigenvalue weighted by Crippen LogP contribution is 2.35. The molecule has 1 unspecified atom stereocenters. The topological polar surface area (TPSA) is 106 Å². The van der Waals surface area contributed by atoms with Crippen molar-refractivity contribution in [2.75, 3.05) is 13.6 Å². The van der Waals surface area contributed by atoms with Crippen molar-refractivity contribution < 1.29 is 27.2 Å². The maximum atomic E-state index is 14.8. The predicted octanol–water partition coefficient (Wildman–Crippen LogP) is 2.60. The largest absolute Gasteiger partial charge is 0.431 e. The SMILES string of the molecule is C=CCN1C(=O)C(CC(=O)NC)S/C1=N\c1cc(-n2c(=O)cc(C(F)(F)F)n(C)c2=O)c(F)cc1Cl. The molecule has 1 aromatic carbocycles. The molecule has 1 saturated heterocycles. The Hall–Kier alpha value is -3.39. The zero-order valence-corrected chi connectivity index (χ0v) is 20.3. The van der Waals surface area contributed by atoms with E-state index in [0.717, 1.165) is 30.9 Å². The quantitative estimate of drug-likeness (QED) is 0.442. The maximum absolute atomic E-state index is 14.8. The van der Waals surface area contributed by atoms with Gasteiger partial charge in [0.05, 0.1) is 16.4 Å². The van der Waals surface area contributed by atoms with E-state index in [1.165, 1.54) is 18.0 Å². The second-order valence-corrected chi connectivity index (χ2v) is 8.99. The Morgan fingerprint density at radius 2 is 1.94 bits per heavy atom. The van der Waals surface area contributed by atoms with Gasteiger partial charge in [0.2, 0.25) is 11.8 Å². The number of rotatable bonds is 6. The van der Waals surface area contributed by atoms with E-state index in [2.05, 4.69) is 16.9 Å². The Balaban J connectivity index is 2.15. The van der Waals surface area contributed by atoms with Crippen LogP contribution in [0.4, 0.5) is 23.2 Å². The Morgan fingerprint density at radius 1 is 1.28 bits per heavy atom. The van der Waals surface area contributed by atoms with Crippen molar-refractivity contribution >= 4 is 46.0 Å². The summed E-state index contributed by atoms with van der Waals surface area (Å²) in [6, 6.07) is 1.81. The van der Waals surface area contributed by atoms with E-state index in [-0.39, 0.29) is 50.0 Å². The highest BCUT2D eigenvalue weighted by atomic mass is 35.5. The summed E-state index contributed by atoms with van der Waals surface area (Å²) in [5.41, 5.74) is -5.24. The Bertz CT molecular complexity index is 1400. The molecule has 2 heterocycles. The standard InChI is InChI=1S/C21H18ClF4N5O4S/c1-4-5-30-18(34)14(8-16(32)27-2)36-19(30)28-12-7-13(11(23)6-10(12)22)31-17(33)9-15(21(24,25)26)29(3)20(31)35/h4,6-7,9,14H,1,5,8H2,2-3H3,(H,27,32)/b28-19-. The number of thioether (sulfide) groups is 1. The van der Waals surface area contributed by atoms with E-state index < -0.39 is 45.8 Å². The van der Waals surface area contributed by atoms with Crippen molar-refractivity contribution in [2.24, 2.45) is 12.0 Å². The summed E-state index contributed by atoms with van der Waals surface area (Å²) in [5.74, 6) is -1.99. The van der Waals surface area contributed by atoms with E-state index >= 15 is 0 Å². The summed E-state index contributed by atoms with van der Waals surface area (Å²) < 4.78 is 54.6. The molecule has 1 aliphatic heterocycles. The van der Waals surface area contributed by atoms with E-state index in [4.69, 9.17) is 11.6 Å². The van der Waals surface area contributed by atoms with Crippen LogP contribution in [0.25, 0.3) is 5.69 Å².